The Morgan fingerprint density at radius 2 is 1.15 bits per heavy atom. The maximum absolute atomic E-state index is 5.81. The summed E-state index contributed by atoms with van der Waals surface area (Å²) in [4.78, 5) is 0. The fourth-order valence-electron chi connectivity index (χ4n) is 3.70. The van der Waals surface area contributed by atoms with E-state index in [-0.39, 0.29) is 0 Å². The molecule has 0 bridgehead atoms. The van der Waals surface area contributed by atoms with Crippen molar-refractivity contribution in [1.82, 2.24) is 0 Å². The van der Waals surface area contributed by atoms with Crippen molar-refractivity contribution in [3.63, 3.8) is 0 Å². The Hall–Kier alpha value is -0.980. The fraction of sp³-hybridized carbons (Fsp3) is 0.760. The topological polar surface area (TPSA) is 9.23 Å². The van der Waals surface area contributed by atoms with Gasteiger partial charge in [-0.15, -0.1) is 0 Å². The lowest BCUT2D eigenvalue weighted by atomic mass is 9.91. The van der Waals surface area contributed by atoms with Gasteiger partial charge in [0.1, 0.15) is 5.75 Å². The molecule has 0 spiro atoms. The van der Waals surface area contributed by atoms with Crippen LogP contribution in [-0.2, 0) is 0 Å². The maximum atomic E-state index is 5.81. The van der Waals surface area contributed by atoms with Crippen molar-refractivity contribution in [2.24, 2.45) is 17.8 Å². The van der Waals surface area contributed by atoms with E-state index in [1.165, 1.54) is 70.6 Å². The van der Waals surface area contributed by atoms with Crippen LogP contribution < -0.4 is 4.74 Å². The molecule has 1 aromatic carbocycles. The van der Waals surface area contributed by atoms with Crippen LogP contribution in [0.25, 0.3) is 0 Å². The van der Waals surface area contributed by atoms with Gasteiger partial charge in [-0.05, 0) is 36.3 Å². The molecule has 1 aromatic rings. The van der Waals surface area contributed by atoms with Gasteiger partial charge in [0.2, 0.25) is 0 Å². The second-order valence-electron chi connectivity index (χ2n) is 8.62. The van der Waals surface area contributed by atoms with Crippen molar-refractivity contribution in [3.8, 4) is 5.75 Å². The summed E-state index contributed by atoms with van der Waals surface area (Å²) in [7, 11) is 0. The van der Waals surface area contributed by atoms with Gasteiger partial charge in [-0.1, -0.05) is 110 Å². The van der Waals surface area contributed by atoms with E-state index >= 15 is 0 Å². The van der Waals surface area contributed by atoms with Crippen molar-refractivity contribution in [3.05, 3.63) is 30.3 Å². The predicted molar refractivity (Wildman–Crippen MR) is 116 cm³/mol. The van der Waals surface area contributed by atoms with E-state index in [1.807, 2.05) is 30.3 Å². The molecule has 3 atom stereocenters. The minimum Gasteiger partial charge on any atom is -0.494 e. The van der Waals surface area contributed by atoms with Gasteiger partial charge in [0, 0.05) is 0 Å². The molecule has 0 amide bonds. The third kappa shape index (κ3) is 12.4. The van der Waals surface area contributed by atoms with E-state index < -0.39 is 0 Å². The summed E-state index contributed by atoms with van der Waals surface area (Å²) in [6.07, 6.45) is 15.2. The summed E-state index contributed by atoms with van der Waals surface area (Å²) in [5.74, 6) is 3.59. The summed E-state index contributed by atoms with van der Waals surface area (Å²) in [6, 6.07) is 10.2. The van der Waals surface area contributed by atoms with Crippen molar-refractivity contribution >= 4 is 0 Å². The molecule has 1 rings (SSSR count). The predicted octanol–water partition coefficient (Wildman–Crippen LogP) is 8.28. The number of benzene rings is 1. The minimum absolute atomic E-state index is 0.768. The van der Waals surface area contributed by atoms with Crippen molar-refractivity contribution in [1.29, 1.82) is 0 Å². The van der Waals surface area contributed by atoms with Crippen LogP contribution in [0.3, 0.4) is 0 Å². The average Bonchev–Trinajstić information content (AvgIpc) is 2.63. The van der Waals surface area contributed by atoms with Gasteiger partial charge in [0.25, 0.3) is 0 Å². The van der Waals surface area contributed by atoms with Gasteiger partial charge in [-0.25, -0.2) is 0 Å². The van der Waals surface area contributed by atoms with Crippen LogP contribution in [0.1, 0.15) is 98.3 Å². The van der Waals surface area contributed by atoms with Crippen molar-refractivity contribution < 1.29 is 4.74 Å². The molecule has 0 aliphatic heterocycles. The second-order valence-corrected chi connectivity index (χ2v) is 8.62. The molecule has 0 fully saturated rings. The number of ether oxygens (including phenoxy) is 1. The molecule has 0 aromatic heterocycles. The maximum Gasteiger partial charge on any atom is 0.119 e. The normalized spacial score (nSPS) is 14.8. The molecular weight excluding hydrogens is 316 g/mol. The first-order chi connectivity index (χ1) is 12.6. The Balaban J connectivity index is 1.96. The molecule has 0 N–H and O–H groups in total. The zero-order valence-corrected chi connectivity index (χ0v) is 18.0. The van der Waals surface area contributed by atoms with Crippen molar-refractivity contribution in [2.75, 3.05) is 6.61 Å². The molecule has 0 heterocycles. The second kappa shape index (κ2) is 15.1. The van der Waals surface area contributed by atoms with Crippen LogP contribution in [0.5, 0.6) is 5.75 Å². The summed E-state index contributed by atoms with van der Waals surface area (Å²) in [5.41, 5.74) is 0. The highest BCUT2D eigenvalue weighted by molar-refractivity contribution is 5.20. The summed E-state index contributed by atoms with van der Waals surface area (Å²) in [5, 5.41) is 0. The Morgan fingerprint density at radius 3 is 1.69 bits per heavy atom. The third-order valence-electron chi connectivity index (χ3n) is 5.71. The van der Waals surface area contributed by atoms with E-state index in [0.29, 0.717) is 0 Å². The SMILES string of the molecule is CCCCCC(C)CCCC(C)CCCC(C)CCOc1ccccc1. The van der Waals surface area contributed by atoms with Gasteiger partial charge in [0.15, 0.2) is 0 Å². The van der Waals surface area contributed by atoms with Gasteiger partial charge < -0.3 is 4.74 Å². The van der Waals surface area contributed by atoms with Gasteiger partial charge in [0.05, 0.1) is 6.61 Å². The largest absolute Gasteiger partial charge is 0.494 e. The van der Waals surface area contributed by atoms with Crippen LogP contribution in [0.2, 0.25) is 0 Å². The highest BCUT2D eigenvalue weighted by atomic mass is 16.5. The Labute approximate surface area is 163 Å². The fourth-order valence-corrected chi connectivity index (χ4v) is 3.70. The van der Waals surface area contributed by atoms with E-state index in [1.54, 1.807) is 0 Å². The molecule has 0 aliphatic rings. The molecule has 0 saturated heterocycles. The minimum atomic E-state index is 0.768. The van der Waals surface area contributed by atoms with Crippen LogP contribution in [-0.4, -0.2) is 6.61 Å². The average molecular weight is 361 g/mol. The molecule has 1 heteroatoms. The number of hydrogen-bond donors (Lipinski definition) is 0. The number of hydrogen-bond acceptors (Lipinski definition) is 1. The molecule has 3 unspecified atom stereocenters. The monoisotopic (exact) mass is 360 g/mol. The van der Waals surface area contributed by atoms with Gasteiger partial charge in [-0.2, -0.15) is 0 Å². The Morgan fingerprint density at radius 1 is 0.654 bits per heavy atom. The zero-order valence-electron chi connectivity index (χ0n) is 18.0. The van der Waals surface area contributed by atoms with E-state index in [2.05, 4.69) is 27.7 Å². The quantitative estimate of drug-likeness (QED) is 0.269. The lowest BCUT2D eigenvalue weighted by molar-refractivity contribution is 0.274. The highest BCUT2D eigenvalue weighted by Gasteiger charge is 2.08. The molecule has 26 heavy (non-hydrogen) atoms. The van der Waals surface area contributed by atoms with Crippen LogP contribution in [0.15, 0.2) is 30.3 Å². The first-order valence-electron chi connectivity index (χ1n) is 11.3. The Kier molecular flexibility index (Phi) is 13.4. The lowest BCUT2D eigenvalue weighted by Crippen LogP contribution is -2.05. The smallest absolute Gasteiger partial charge is 0.119 e. The highest BCUT2D eigenvalue weighted by Crippen LogP contribution is 2.22. The molecule has 0 saturated carbocycles. The number of rotatable bonds is 16. The van der Waals surface area contributed by atoms with Crippen LogP contribution in [0, 0.1) is 17.8 Å². The molecular formula is C25H44O. The number of unbranched alkanes of at least 4 members (excludes halogenated alkanes) is 2. The summed E-state index contributed by atoms with van der Waals surface area (Å²) >= 11 is 0. The van der Waals surface area contributed by atoms with E-state index in [9.17, 15) is 0 Å². The first-order valence-corrected chi connectivity index (χ1v) is 11.3. The van der Waals surface area contributed by atoms with E-state index in [0.717, 1.165) is 30.1 Å². The first kappa shape index (κ1) is 23.1. The Bertz CT molecular complexity index is 413. The van der Waals surface area contributed by atoms with Gasteiger partial charge in [-0.3, -0.25) is 0 Å². The summed E-state index contributed by atoms with van der Waals surface area (Å²) < 4.78 is 5.81. The zero-order chi connectivity index (χ0) is 19.0. The summed E-state index contributed by atoms with van der Waals surface area (Å²) in [6.45, 7) is 10.4. The van der Waals surface area contributed by atoms with Crippen LogP contribution >= 0.6 is 0 Å². The van der Waals surface area contributed by atoms with E-state index in [4.69, 9.17) is 4.74 Å². The third-order valence-corrected chi connectivity index (χ3v) is 5.71. The van der Waals surface area contributed by atoms with Crippen molar-refractivity contribution in [2.45, 2.75) is 98.3 Å². The molecule has 1 nitrogen and oxygen atoms in total. The standard InChI is InChI=1S/C25H44O/c1-5-6-8-13-22(2)14-11-15-23(3)16-12-17-24(4)20-21-26-25-18-9-7-10-19-25/h7,9-10,18-19,22-24H,5-6,8,11-17,20-21H2,1-4H3. The molecule has 0 radical (unpaired) electrons. The molecule has 0 aliphatic carbocycles. The number of para-hydroxylation sites is 1. The lowest BCUT2D eigenvalue weighted by Gasteiger charge is -2.16. The molecule has 150 valence electrons. The van der Waals surface area contributed by atoms with Crippen LogP contribution in [0.4, 0.5) is 0 Å². The van der Waals surface area contributed by atoms with Gasteiger partial charge >= 0.3 is 0 Å².